The number of carbonyl (C=O) groups is 2. The van der Waals surface area contributed by atoms with Gasteiger partial charge in [0.05, 0.1) is 28.0 Å². The molecule has 146 valence electrons. The zero-order valence-corrected chi connectivity index (χ0v) is 16.3. The molecule has 0 atom stereocenters. The minimum atomic E-state index is -0.274. The van der Waals surface area contributed by atoms with Crippen LogP contribution in [0.3, 0.4) is 0 Å². The number of hydrogen-bond donors (Lipinski definition) is 0. The molecule has 0 spiro atoms. The maximum Gasteiger partial charge on any atom is 0.266 e. The zero-order chi connectivity index (χ0) is 20.0. The Labute approximate surface area is 169 Å². The van der Waals surface area contributed by atoms with Crippen LogP contribution in [0.25, 0.3) is 10.9 Å². The van der Waals surface area contributed by atoms with Gasteiger partial charge in [-0.3, -0.25) is 19.5 Å². The summed E-state index contributed by atoms with van der Waals surface area (Å²) in [5, 5.41) is 0.918. The predicted molar refractivity (Wildman–Crippen MR) is 112 cm³/mol. The van der Waals surface area contributed by atoms with Gasteiger partial charge in [-0.25, -0.2) is 4.90 Å². The lowest BCUT2D eigenvalue weighted by Gasteiger charge is -2.32. The summed E-state index contributed by atoms with van der Waals surface area (Å²) >= 11 is 0. The second-order valence-electron chi connectivity index (χ2n) is 7.75. The van der Waals surface area contributed by atoms with Gasteiger partial charge in [-0.2, -0.15) is 0 Å². The van der Waals surface area contributed by atoms with Crippen LogP contribution in [-0.2, 0) is 6.54 Å². The van der Waals surface area contributed by atoms with E-state index >= 15 is 0 Å². The van der Waals surface area contributed by atoms with E-state index in [9.17, 15) is 9.59 Å². The van der Waals surface area contributed by atoms with Crippen LogP contribution in [0.4, 0.5) is 5.69 Å². The van der Waals surface area contributed by atoms with Crippen molar-refractivity contribution in [3.8, 4) is 0 Å². The van der Waals surface area contributed by atoms with Crippen LogP contribution in [0.5, 0.6) is 0 Å². The summed E-state index contributed by atoms with van der Waals surface area (Å²) in [4.78, 5) is 36.2. The molecule has 0 unspecified atom stereocenters. The number of imide groups is 1. The quantitative estimate of drug-likeness (QED) is 0.648. The van der Waals surface area contributed by atoms with E-state index in [1.165, 1.54) is 4.90 Å². The summed E-state index contributed by atoms with van der Waals surface area (Å²) < 4.78 is 0. The third-order valence-electron chi connectivity index (χ3n) is 5.76. The Hall–Kier alpha value is -3.09. The number of aromatic nitrogens is 1. The van der Waals surface area contributed by atoms with Gasteiger partial charge in [-0.15, -0.1) is 0 Å². The molecule has 1 fully saturated rings. The van der Waals surface area contributed by atoms with Crippen LogP contribution in [0.15, 0.2) is 54.6 Å². The Balaban J connectivity index is 1.40. The molecule has 0 saturated carbocycles. The monoisotopic (exact) mass is 386 g/mol. The molecule has 6 nitrogen and oxygen atoms in total. The van der Waals surface area contributed by atoms with Gasteiger partial charge in [0, 0.05) is 38.1 Å². The molecule has 5 rings (SSSR count). The Morgan fingerprint density at radius 3 is 2.24 bits per heavy atom. The van der Waals surface area contributed by atoms with Crippen LogP contribution >= 0.6 is 0 Å². The smallest absolute Gasteiger partial charge is 0.266 e. The fourth-order valence-corrected chi connectivity index (χ4v) is 4.04. The number of amides is 2. The second kappa shape index (κ2) is 7.06. The maximum absolute atomic E-state index is 12.7. The summed E-state index contributed by atoms with van der Waals surface area (Å²) in [6, 6.07) is 16.6. The first kappa shape index (κ1) is 18.0. The number of carbonyl (C=O) groups excluding carboxylic acids is 2. The van der Waals surface area contributed by atoms with Gasteiger partial charge in [-0.1, -0.05) is 18.2 Å². The van der Waals surface area contributed by atoms with Crippen LogP contribution in [0, 0.1) is 0 Å². The van der Waals surface area contributed by atoms with Crippen molar-refractivity contribution < 1.29 is 9.59 Å². The third-order valence-corrected chi connectivity index (χ3v) is 5.76. The molecule has 0 aliphatic carbocycles. The van der Waals surface area contributed by atoms with Gasteiger partial charge < -0.3 is 4.90 Å². The number of anilines is 1. The minimum absolute atomic E-state index is 0.274. The van der Waals surface area contributed by atoms with Crippen LogP contribution in [0.2, 0.25) is 0 Å². The van der Waals surface area contributed by atoms with Crippen LogP contribution < -0.4 is 4.90 Å². The minimum Gasteiger partial charge on any atom is -0.304 e. The summed E-state index contributed by atoms with van der Waals surface area (Å²) in [6.07, 6.45) is 0. The van der Waals surface area contributed by atoms with E-state index in [0.29, 0.717) is 16.8 Å². The molecule has 2 aliphatic heterocycles. The number of piperazine rings is 1. The molecule has 6 heteroatoms. The molecule has 0 radical (unpaired) electrons. The van der Waals surface area contributed by atoms with Gasteiger partial charge in [0.1, 0.15) is 0 Å². The van der Waals surface area contributed by atoms with E-state index < -0.39 is 0 Å². The van der Waals surface area contributed by atoms with Crippen molar-refractivity contribution in [2.24, 2.45) is 0 Å². The Bertz CT molecular complexity index is 1080. The maximum atomic E-state index is 12.7. The molecule has 29 heavy (non-hydrogen) atoms. The molecular formula is C23H22N4O2. The number of likely N-dealkylation sites (N-methyl/N-ethyl adjacent to an activating group) is 1. The highest BCUT2D eigenvalue weighted by molar-refractivity contribution is 6.34. The van der Waals surface area contributed by atoms with Gasteiger partial charge in [0.25, 0.3) is 11.8 Å². The van der Waals surface area contributed by atoms with E-state index in [-0.39, 0.29) is 11.8 Å². The van der Waals surface area contributed by atoms with Crippen molar-refractivity contribution in [1.82, 2.24) is 14.8 Å². The summed E-state index contributed by atoms with van der Waals surface area (Å²) in [7, 11) is 2.15. The average molecular weight is 386 g/mol. The lowest BCUT2D eigenvalue weighted by molar-refractivity contribution is 0.0926. The largest absolute Gasteiger partial charge is 0.304 e. The molecular weight excluding hydrogens is 364 g/mol. The predicted octanol–water partition coefficient (Wildman–Crippen LogP) is 2.78. The summed E-state index contributed by atoms with van der Waals surface area (Å²) in [6.45, 7) is 5.10. The second-order valence-corrected chi connectivity index (χ2v) is 7.75. The van der Waals surface area contributed by atoms with E-state index in [1.807, 2.05) is 24.3 Å². The van der Waals surface area contributed by atoms with Gasteiger partial charge in [-0.05, 0) is 43.4 Å². The van der Waals surface area contributed by atoms with Gasteiger partial charge in [0.15, 0.2) is 0 Å². The first-order valence-electron chi connectivity index (χ1n) is 9.88. The van der Waals surface area contributed by atoms with Gasteiger partial charge in [0.2, 0.25) is 0 Å². The van der Waals surface area contributed by atoms with E-state index in [1.54, 1.807) is 30.3 Å². The highest BCUT2D eigenvalue weighted by Crippen LogP contribution is 2.30. The number of nitrogens with zero attached hydrogens (tertiary/aromatic N) is 4. The standard InChI is InChI=1S/C23H22N4O2/c1-25-10-12-26(13-11-25)15-17-7-6-16-14-18(8-9-21(16)24-17)27-22(28)19-4-2-3-5-20(19)23(27)29/h2-9,14H,10-13,15H2,1H3. The van der Waals surface area contributed by atoms with E-state index in [4.69, 9.17) is 4.98 Å². The number of rotatable bonds is 3. The highest BCUT2D eigenvalue weighted by atomic mass is 16.2. The number of pyridine rings is 1. The Morgan fingerprint density at radius 2 is 1.55 bits per heavy atom. The molecule has 2 amide bonds. The summed E-state index contributed by atoms with van der Waals surface area (Å²) in [5.41, 5.74) is 3.40. The molecule has 3 aromatic rings. The Morgan fingerprint density at radius 1 is 0.862 bits per heavy atom. The molecule has 3 heterocycles. The third kappa shape index (κ3) is 3.20. The fourth-order valence-electron chi connectivity index (χ4n) is 4.04. The molecule has 2 aromatic carbocycles. The van der Waals surface area contributed by atoms with E-state index in [0.717, 1.165) is 49.3 Å². The van der Waals surface area contributed by atoms with Crippen molar-refractivity contribution >= 4 is 28.4 Å². The number of fused-ring (bicyclic) bond motifs is 2. The molecule has 0 bridgehead atoms. The van der Waals surface area contributed by atoms with Crippen molar-refractivity contribution in [1.29, 1.82) is 0 Å². The van der Waals surface area contributed by atoms with Crippen LogP contribution in [-0.4, -0.2) is 59.8 Å². The van der Waals surface area contributed by atoms with Crippen molar-refractivity contribution in [3.63, 3.8) is 0 Å². The normalized spacial score (nSPS) is 17.9. The lowest BCUT2D eigenvalue weighted by atomic mass is 10.1. The van der Waals surface area contributed by atoms with Crippen molar-refractivity contribution in [3.05, 3.63) is 71.4 Å². The summed E-state index contributed by atoms with van der Waals surface area (Å²) in [5.74, 6) is -0.547. The zero-order valence-electron chi connectivity index (χ0n) is 16.3. The molecule has 2 aliphatic rings. The molecule has 0 N–H and O–H groups in total. The topological polar surface area (TPSA) is 56.8 Å². The van der Waals surface area contributed by atoms with E-state index in [2.05, 4.69) is 16.8 Å². The first-order chi connectivity index (χ1) is 14.1. The molecule has 1 aromatic heterocycles. The van der Waals surface area contributed by atoms with Crippen molar-refractivity contribution in [2.75, 3.05) is 38.1 Å². The Kier molecular flexibility index (Phi) is 4.38. The SMILES string of the molecule is CN1CCN(Cc2ccc3cc(N4C(=O)c5ccccc5C4=O)ccc3n2)CC1. The highest BCUT2D eigenvalue weighted by Gasteiger charge is 2.36. The van der Waals surface area contributed by atoms with Gasteiger partial charge >= 0.3 is 0 Å². The number of hydrogen-bond acceptors (Lipinski definition) is 5. The molecule has 1 saturated heterocycles. The number of benzene rings is 2. The average Bonchev–Trinajstić information content (AvgIpc) is 3.00. The van der Waals surface area contributed by atoms with Crippen molar-refractivity contribution in [2.45, 2.75) is 6.54 Å². The van der Waals surface area contributed by atoms with Crippen LogP contribution in [0.1, 0.15) is 26.4 Å². The fraction of sp³-hybridized carbons (Fsp3) is 0.261. The lowest BCUT2D eigenvalue weighted by Crippen LogP contribution is -2.44. The first-order valence-corrected chi connectivity index (χ1v) is 9.88.